The Bertz CT molecular complexity index is 700. The molecule has 1 N–H and O–H groups in total. The molecule has 1 aliphatic rings. The lowest BCUT2D eigenvalue weighted by molar-refractivity contribution is -0.384. The van der Waals surface area contributed by atoms with Crippen molar-refractivity contribution in [2.75, 3.05) is 0 Å². The molecular weight excluding hydrogens is 300 g/mol. The van der Waals surface area contributed by atoms with Crippen molar-refractivity contribution in [1.29, 1.82) is 0 Å². The molecule has 22 heavy (non-hydrogen) atoms. The van der Waals surface area contributed by atoms with Crippen LogP contribution in [0.5, 0.6) is 0 Å². The number of non-ortho nitro benzene ring substituents is 1. The van der Waals surface area contributed by atoms with Crippen LogP contribution in [0.1, 0.15) is 38.5 Å². The molecule has 0 aliphatic heterocycles. The van der Waals surface area contributed by atoms with Crippen molar-refractivity contribution in [3.63, 3.8) is 0 Å². The second-order valence-corrected chi connectivity index (χ2v) is 6.51. The van der Waals surface area contributed by atoms with Crippen molar-refractivity contribution in [2.45, 2.75) is 32.2 Å². The lowest BCUT2D eigenvalue weighted by atomic mass is 9.99. The first-order valence-corrected chi connectivity index (χ1v) is 8.08. The van der Waals surface area contributed by atoms with Crippen LogP contribution < -0.4 is 5.32 Å². The minimum atomic E-state index is -0.432. The molecule has 5 nitrogen and oxygen atoms in total. The van der Waals surface area contributed by atoms with Gasteiger partial charge in [-0.25, -0.2) is 0 Å². The molecule has 6 heteroatoms. The first-order valence-electron chi connectivity index (χ1n) is 7.26. The van der Waals surface area contributed by atoms with Crippen molar-refractivity contribution < 1.29 is 9.72 Å². The third kappa shape index (κ3) is 3.17. The van der Waals surface area contributed by atoms with Gasteiger partial charge < -0.3 is 5.32 Å². The average Bonchev–Trinajstić information content (AvgIpc) is 2.97. The maximum Gasteiger partial charge on any atom is 0.269 e. The first kappa shape index (κ1) is 14.7. The van der Waals surface area contributed by atoms with Crippen molar-refractivity contribution in [2.24, 2.45) is 0 Å². The number of nitro groups is 1. The Hall–Kier alpha value is -2.21. The number of hydrogen-bond donors (Lipinski definition) is 1. The molecule has 1 aromatic carbocycles. The van der Waals surface area contributed by atoms with E-state index in [-0.39, 0.29) is 11.6 Å². The van der Waals surface area contributed by atoms with Crippen molar-refractivity contribution >= 4 is 22.9 Å². The number of nitrogens with one attached hydrogen (secondary N) is 1. The fraction of sp³-hybridized carbons (Fsp3) is 0.312. The monoisotopic (exact) mass is 316 g/mol. The number of carbonyl (C=O) groups excluding carboxylic acids is 1. The summed E-state index contributed by atoms with van der Waals surface area (Å²) in [6.45, 7) is 0.295. The van der Waals surface area contributed by atoms with E-state index in [0.717, 1.165) is 23.3 Å². The van der Waals surface area contributed by atoms with E-state index in [4.69, 9.17) is 0 Å². The normalized spacial score (nSPS) is 13.5. The minimum Gasteiger partial charge on any atom is -0.347 e. The summed E-state index contributed by atoms with van der Waals surface area (Å²) >= 11 is 1.57. The number of aryl methyl sites for hydroxylation is 2. The summed E-state index contributed by atoms with van der Waals surface area (Å²) in [5.41, 5.74) is 2.07. The summed E-state index contributed by atoms with van der Waals surface area (Å²) in [7, 11) is 0. The number of nitro benzene ring substituents is 1. The number of benzene rings is 1. The molecule has 1 aromatic heterocycles. The molecule has 0 atom stereocenters. The minimum absolute atomic E-state index is 0.0401. The number of rotatable bonds is 4. The molecule has 0 fully saturated rings. The molecule has 0 bridgehead atoms. The predicted octanol–water partition coefficient (Wildman–Crippen LogP) is 3.47. The molecule has 0 spiro atoms. The third-order valence-corrected chi connectivity index (χ3v) is 5.03. The number of amides is 1. The second kappa shape index (κ2) is 6.27. The van der Waals surface area contributed by atoms with E-state index in [0.29, 0.717) is 6.54 Å². The van der Waals surface area contributed by atoms with Crippen LogP contribution >= 0.6 is 11.3 Å². The fourth-order valence-corrected chi connectivity index (χ4v) is 3.82. The Morgan fingerprint density at radius 3 is 2.86 bits per heavy atom. The van der Waals surface area contributed by atoms with Crippen LogP contribution in [0.2, 0.25) is 0 Å². The van der Waals surface area contributed by atoms with E-state index in [2.05, 4.69) is 5.32 Å². The molecule has 114 valence electrons. The van der Waals surface area contributed by atoms with Crippen LogP contribution in [0.25, 0.3) is 0 Å². The molecule has 1 aliphatic carbocycles. The molecule has 0 saturated carbocycles. The predicted molar refractivity (Wildman–Crippen MR) is 85.2 cm³/mol. The molecule has 3 rings (SSSR count). The molecule has 1 amide bonds. The van der Waals surface area contributed by atoms with Crippen LogP contribution in [-0.4, -0.2) is 10.8 Å². The number of hydrogen-bond acceptors (Lipinski definition) is 4. The highest BCUT2D eigenvalue weighted by Crippen LogP contribution is 2.29. The zero-order chi connectivity index (χ0) is 15.5. The summed E-state index contributed by atoms with van der Waals surface area (Å²) in [6.07, 6.45) is 4.52. The summed E-state index contributed by atoms with van der Waals surface area (Å²) < 4.78 is 0. The molecule has 1 heterocycles. The molecule has 0 radical (unpaired) electrons. The largest absolute Gasteiger partial charge is 0.347 e. The van der Waals surface area contributed by atoms with Gasteiger partial charge in [-0.15, -0.1) is 11.3 Å². The van der Waals surface area contributed by atoms with Gasteiger partial charge in [0.1, 0.15) is 0 Å². The van der Waals surface area contributed by atoms with E-state index >= 15 is 0 Å². The zero-order valence-corrected chi connectivity index (χ0v) is 12.8. The van der Waals surface area contributed by atoms with Gasteiger partial charge in [-0.1, -0.05) is 12.1 Å². The van der Waals surface area contributed by atoms with Crippen LogP contribution in [0.3, 0.4) is 0 Å². The molecule has 0 unspecified atom stereocenters. The average molecular weight is 316 g/mol. The Morgan fingerprint density at radius 2 is 2.09 bits per heavy atom. The topological polar surface area (TPSA) is 72.2 Å². The van der Waals surface area contributed by atoms with Crippen LogP contribution in [0.15, 0.2) is 30.3 Å². The zero-order valence-electron chi connectivity index (χ0n) is 12.0. The van der Waals surface area contributed by atoms with Gasteiger partial charge >= 0.3 is 0 Å². The fourth-order valence-electron chi connectivity index (χ4n) is 2.65. The Labute approximate surface area is 132 Å². The maximum atomic E-state index is 12.2. The Balaban J connectivity index is 1.66. The lowest BCUT2D eigenvalue weighted by Gasteiger charge is -2.08. The van der Waals surface area contributed by atoms with Gasteiger partial charge in [0.15, 0.2) is 0 Å². The van der Waals surface area contributed by atoms with Gasteiger partial charge in [-0.05, 0) is 42.9 Å². The number of fused-ring (bicyclic) bond motifs is 1. The summed E-state index contributed by atoms with van der Waals surface area (Å²) in [6, 6.07) is 8.32. The van der Waals surface area contributed by atoms with Gasteiger partial charge in [0, 0.05) is 23.6 Å². The highest BCUT2D eigenvalue weighted by atomic mass is 32.1. The Morgan fingerprint density at radius 1 is 1.27 bits per heavy atom. The van der Waals surface area contributed by atoms with Crippen molar-refractivity contribution in [3.8, 4) is 0 Å². The molecular formula is C16H16N2O3S. The SMILES string of the molecule is O=C(NCc1cccc([N+](=O)[O-])c1)c1cc2c(s1)CCCC2. The molecule has 2 aromatic rings. The second-order valence-electron chi connectivity index (χ2n) is 5.38. The molecule has 0 saturated heterocycles. The van der Waals surface area contributed by atoms with E-state index < -0.39 is 4.92 Å². The number of nitrogens with zero attached hydrogens (tertiary/aromatic N) is 1. The van der Waals surface area contributed by atoms with E-state index in [1.54, 1.807) is 23.5 Å². The maximum absolute atomic E-state index is 12.2. The number of carbonyl (C=O) groups is 1. The van der Waals surface area contributed by atoms with Gasteiger partial charge in [0.2, 0.25) is 0 Å². The first-order chi connectivity index (χ1) is 10.6. The summed E-state index contributed by atoms with van der Waals surface area (Å²) in [5, 5.41) is 13.6. The lowest BCUT2D eigenvalue weighted by Crippen LogP contribution is -2.21. The van der Waals surface area contributed by atoms with Crippen LogP contribution in [0.4, 0.5) is 5.69 Å². The number of thiophene rings is 1. The standard InChI is InChI=1S/C16H16N2O3S/c19-16(15-9-12-5-1-2-7-14(12)22-15)17-10-11-4-3-6-13(8-11)18(20)21/h3-4,6,8-9H,1-2,5,7,10H2,(H,17,19). The van der Waals surface area contributed by atoms with Crippen LogP contribution in [-0.2, 0) is 19.4 Å². The van der Waals surface area contributed by atoms with Gasteiger partial charge in [-0.3, -0.25) is 14.9 Å². The van der Waals surface area contributed by atoms with Crippen molar-refractivity contribution in [1.82, 2.24) is 5.32 Å². The highest BCUT2D eigenvalue weighted by Gasteiger charge is 2.17. The smallest absolute Gasteiger partial charge is 0.269 e. The van der Waals surface area contributed by atoms with Gasteiger partial charge in [-0.2, -0.15) is 0 Å². The summed E-state index contributed by atoms with van der Waals surface area (Å²) in [4.78, 5) is 24.6. The van der Waals surface area contributed by atoms with Crippen molar-refractivity contribution in [3.05, 3.63) is 61.3 Å². The quantitative estimate of drug-likeness (QED) is 0.693. The van der Waals surface area contributed by atoms with Crippen LogP contribution in [0, 0.1) is 10.1 Å². The van der Waals surface area contributed by atoms with E-state index in [9.17, 15) is 14.9 Å². The Kier molecular flexibility index (Phi) is 4.20. The van der Waals surface area contributed by atoms with E-state index in [1.807, 2.05) is 6.07 Å². The highest BCUT2D eigenvalue weighted by molar-refractivity contribution is 7.14. The van der Waals surface area contributed by atoms with E-state index in [1.165, 1.54) is 35.4 Å². The van der Waals surface area contributed by atoms with Gasteiger partial charge in [0.25, 0.3) is 11.6 Å². The van der Waals surface area contributed by atoms with Gasteiger partial charge in [0.05, 0.1) is 9.80 Å². The third-order valence-electron chi connectivity index (χ3n) is 3.79. The summed E-state index contributed by atoms with van der Waals surface area (Å²) in [5.74, 6) is -0.106.